The fourth-order valence-corrected chi connectivity index (χ4v) is 6.03. The molecule has 3 N–H and O–H groups in total. The largest absolute Gasteiger partial charge is 0.371 e. The highest BCUT2D eigenvalue weighted by atomic mass is 16.5. The van der Waals surface area contributed by atoms with Gasteiger partial charge in [0.25, 0.3) is 0 Å². The van der Waals surface area contributed by atoms with Gasteiger partial charge in [-0.1, -0.05) is 12.8 Å². The van der Waals surface area contributed by atoms with E-state index in [1.807, 2.05) is 0 Å². The number of hydrogen-bond acceptors (Lipinski definition) is 4. The topological polar surface area (TPSA) is 45.3 Å². The van der Waals surface area contributed by atoms with Crippen LogP contribution >= 0.6 is 0 Å². The lowest BCUT2D eigenvalue weighted by Gasteiger charge is -2.57. The van der Waals surface area contributed by atoms with Gasteiger partial charge in [-0.05, 0) is 62.4 Å². The summed E-state index contributed by atoms with van der Waals surface area (Å²) >= 11 is 0. The Morgan fingerprint density at radius 1 is 0.727 bits per heavy atom. The molecule has 4 rings (SSSR count). The summed E-state index contributed by atoms with van der Waals surface area (Å²) in [6.45, 7) is 7.65. The van der Waals surface area contributed by atoms with E-state index in [4.69, 9.17) is 4.74 Å². The van der Waals surface area contributed by atoms with Crippen molar-refractivity contribution in [3.05, 3.63) is 0 Å². The Hall–Kier alpha value is -0.160. The van der Waals surface area contributed by atoms with Gasteiger partial charge in [0.05, 0.1) is 12.2 Å². The van der Waals surface area contributed by atoms with Crippen molar-refractivity contribution in [2.24, 2.45) is 17.3 Å². The van der Waals surface area contributed by atoms with Gasteiger partial charge in [-0.15, -0.1) is 0 Å². The first-order valence-electron chi connectivity index (χ1n) is 9.61. The zero-order chi connectivity index (χ0) is 14.9. The van der Waals surface area contributed by atoms with Gasteiger partial charge < -0.3 is 20.7 Å². The van der Waals surface area contributed by atoms with Crippen molar-refractivity contribution in [2.45, 2.75) is 50.5 Å². The van der Waals surface area contributed by atoms with E-state index < -0.39 is 0 Å². The second kappa shape index (κ2) is 6.39. The molecule has 3 saturated heterocycles. The molecule has 126 valence electrons. The highest BCUT2D eigenvalue weighted by Crippen LogP contribution is 2.53. The van der Waals surface area contributed by atoms with E-state index in [2.05, 4.69) is 16.0 Å². The summed E-state index contributed by atoms with van der Waals surface area (Å²) in [4.78, 5) is 0. The summed E-state index contributed by atoms with van der Waals surface area (Å²) in [5.41, 5.74) is 0.620. The van der Waals surface area contributed by atoms with Crippen LogP contribution in [0.4, 0.5) is 0 Å². The van der Waals surface area contributed by atoms with Crippen LogP contribution in [0.25, 0.3) is 0 Å². The van der Waals surface area contributed by atoms with Crippen LogP contribution in [0.1, 0.15) is 44.9 Å². The van der Waals surface area contributed by atoms with Gasteiger partial charge in [-0.25, -0.2) is 0 Å². The molecular formula is C18H33N3O. The van der Waals surface area contributed by atoms with Crippen LogP contribution in [0, 0.1) is 17.3 Å². The van der Waals surface area contributed by atoms with Crippen molar-refractivity contribution >= 4 is 0 Å². The van der Waals surface area contributed by atoms with Gasteiger partial charge in [0.1, 0.15) is 0 Å². The summed E-state index contributed by atoms with van der Waals surface area (Å²) in [6.07, 6.45) is 9.85. The van der Waals surface area contributed by atoms with Crippen molar-refractivity contribution in [1.82, 2.24) is 16.0 Å². The van der Waals surface area contributed by atoms with Crippen LogP contribution in [0.2, 0.25) is 0 Å². The van der Waals surface area contributed by atoms with E-state index in [1.54, 1.807) is 0 Å². The third-order valence-corrected chi connectivity index (χ3v) is 7.04. The summed E-state index contributed by atoms with van der Waals surface area (Å²) in [6, 6.07) is 0. The maximum atomic E-state index is 6.46. The maximum Gasteiger partial charge on any atom is 0.0961 e. The van der Waals surface area contributed by atoms with E-state index >= 15 is 0 Å². The van der Waals surface area contributed by atoms with Crippen molar-refractivity contribution in [1.29, 1.82) is 0 Å². The van der Waals surface area contributed by atoms with Crippen molar-refractivity contribution in [3.63, 3.8) is 0 Å². The molecular weight excluding hydrogens is 274 g/mol. The van der Waals surface area contributed by atoms with Crippen LogP contribution in [0.15, 0.2) is 0 Å². The summed E-state index contributed by atoms with van der Waals surface area (Å²) < 4.78 is 6.46. The molecule has 4 atom stereocenters. The molecule has 4 heteroatoms. The molecule has 22 heavy (non-hydrogen) atoms. The monoisotopic (exact) mass is 307 g/mol. The maximum absolute atomic E-state index is 6.46. The van der Waals surface area contributed by atoms with E-state index in [0.717, 1.165) is 38.1 Å². The van der Waals surface area contributed by atoms with E-state index in [0.29, 0.717) is 5.41 Å². The van der Waals surface area contributed by atoms with Crippen LogP contribution < -0.4 is 16.0 Å². The molecule has 2 spiro atoms. The molecule has 0 aromatic carbocycles. The van der Waals surface area contributed by atoms with Crippen molar-refractivity contribution < 1.29 is 4.74 Å². The molecule has 0 bridgehead atoms. The third-order valence-electron chi connectivity index (χ3n) is 7.04. The normalized spacial score (nSPS) is 46.9. The second-order valence-corrected chi connectivity index (χ2v) is 8.16. The van der Waals surface area contributed by atoms with E-state index in [-0.39, 0.29) is 5.60 Å². The predicted molar refractivity (Wildman–Crippen MR) is 89.0 cm³/mol. The Balaban J connectivity index is 1.61. The summed E-state index contributed by atoms with van der Waals surface area (Å²) in [5.74, 6) is 1.60. The third kappa shape index (κ3) is 2.62. The van der Waals surface area contributed by atoms with Gasteiger partial charge >= 0.3 is 0 Å². The van der Waals surface area contributed by atoms with E-state index in [1.165, 1.54) is 64.6 Å². The first-order chi connectivity index (χ1) is 10.8. The SMILES string of the molecule is C1CCC2(CCCNC2)C(C2CCNCC23CNCCO3)C1. The summed E-state index contributed by atoms with van der Waals surface area (Å²) in [7, 11) is 0. The molecule has 0 amide bonds. The highest BCUT2D eigenvalue weighted by molar-refractivity contribution is 5.06. The standard InChI is InChI=1S/C18H33N3O/c1-2-6-17(7-3-8-19-12-17)15(4-1)16-5-9-20-13-18(16)14-21-10-11-22-18/h15-16,19-21H,1-14H2. The number of morpholine rings is 1. The summed E-state index contributed by atoms with van der Waals surface area (Å²) in [5, 5.41) is 11.0. The number of hydrogen-bond donors (Lipinski definition) is 3. The lowest BCUT2D eigenvalue weighted by molar-refractivity contribution is -0.153. The minimum Gasteiger partial charge on any atom is -0.371 e. The fourth-order valence-electron chi connectivity index (χ4n) is 6.03. The smallest absolute Gasteiger partial charge is 0.0961 e. The Bertz CT molecular complexity index is 322. The Morgan fingerprint density at radius 3 is 2.32 bits per heavy atom. The average Bonchev–Trinajstić information content (AvgIpc) is 2.58. The molecule has 0 radical (unpaired) electrons. The van der Waals surface area contributed by atoms with Crippen LogP contribution in [0.5, 0.6) is 0 Å². The van der Waals surface area contributed by atoms with Gasteiger partial charge in [0.15, 0.2) is 0 Å². The minimum atomic E-state index is 0.0585. The molecule has 0 aromatic heterocycles. The first-order valence-corrected chi connectivity index (χ1v) is 9.61. The molecule has 3 heterocycles. The average molecular weight is 307 g/mol. The molecule has 1 saturated carbocycles. The molecule has 4 unspecified atom stereocenters. The van der Waals surface area contributed by atoms with Gasteiger partial charge in [0, 0.05) is 26.2 Å². The molecule has 1 aliphatic carbocycles. The predicted octanol–water partition coefficient (Wildman–Crippen LogP) is 1.51. The molecule has 4 fully saturated rings. The number of nitrogens with one attached hydrogen (secondary N) is 3. The zero-order valence-electron chi connectivity index (χ0n) is 14.0. The lowest BCUT2D eigenvalue weighted by atomic mass is 9.55. The molecule has 3 aliphatic heterocycles. The van der Waals surface area contributed by atoms with Crippen molar-refractivity contribution in [3.8, 4) is 0 Å². The zero-order valence-corrected chi connectivity index (χ0v) is 14.0. The number of ether oxygens (including phenoxy) is 1. The molecule has 4 nitrogen and oxygen atoms in total. The van der Waals surface area contributed by atoms with Gasteiger partial charge in [0.2, 0.25) is 0 Å². The first kappa shape index (κ1) is 15.4. The molecule has 0 aromatic rings. The van der Waals surface area contributed by atoms with Gasteiger partial charge in [-0.3, -0.25) is 0 Å². The van der Waals surface area contributed by atoms with Crippen LogP contribution in [-0.2, 0) is 4.74 Å². The second-order valence-electron chi connectivity index (χ2n) is 8.16. The minimum absolute atomic E-state index is 0.0585. The number of piperidine rings is 2. The lowest BCUT2D eigenvalue weighted by Crippen LogP contribution is -2.66. The Kier molecular flexibility index (Phi) is 4.46. The highest BCUT2D eigenvalue weighted by Gasteiger charge is 2.53. The van der Waals surface area contributed by atoms with E-state index in [9.17, 15) is 0 Å². The Morgan fingerprint density at radius 2 is 1.55 bits per heavy atom. The van der Waals surface area contributed by atoms with Crippen LogP contribution in [-0.4, -0.2) is 51.5 Å². The number of rotatable bonds is 1. The van der Waals surface area contributed by atoms with Gasteiger partial charge in [-0.2, -0.15) is 0 Å². The fraction of sp³-hybridized carbons (Fsp3) is 1.00. The Labute approximate surface area is 135 Å². The van der Waals surface area contributed by atoms with Crippen molar-refractivity contribution in [2.75, 3.05) is 45.9 Å². The van der Waals surface area contributed by atoms with Crippen LogP contribution in [0.3, 0.4) is 0 Å². The quantitative estimate of drug-likeness (QED) is 0.687. The molecule has 4 aliphatic rings.